The smallest absolute Gasteiger partial charge is 0.313 e. The van der Waals surface area contributed by atoms with Crippen molar-refractivity contribution in [3.8, 4) is 0 Å². The number of alkyl halides is 3. The molecule has 0 spiro atoms. The Balaban J connectivity index is 3.05. The van der Waals surface area contributed by atoms with E-state index in [0.717, 1.165) is 12.5 Å². The van der Waals surface area contributed by atoms with Gasteiger partial charge in [0.2, 0.25) is 0 Å². The van der Waals surface area contributed by atoms with Crippen LogP contribution in [0.3, 0.4) is 0 Å². The molecule has 0 saturated carbocycles. The molecule has 0 amide bonds. The van der Waals surface area contributed by atoms with Crippen molar-refractivity contribution in [1.82, 2.24) is 5.32 Å². The molecular weight excluding hydrogens is 270 g/mol. The van der Waals surface area contributed by atoms with E-state index in [4.69, 9.17) is 0 Å². The molecule has 1 aromatic carbocycles. The van der Waals surface area contributed by atoms with Crippen LogP contribution in [0.2, 0.25) is 0 Å². The van der Waals surface area contributed by atoms with Crippen LogP contribution in [0.4, 0.5) is 17.6 Å². The van der Waals surface area contributed by atoms with Crippen molar-refractivity contribution in [3.05, 3.63) is 35.1 Å². The monoisotopic (exact) mass is 291 g/mol. The summed E-state index contributed by atoms with van der Waals surface area (Å²) < 4.78 is 52.2. The van der Waals surface area contributed by atoms with Crippen molar-refractivity contribution in [2.45, 2.75) is 45.8 Å². The third kappa shape index (κ3) is 4.47. The van der Waals surface area contributed by atoms with E-state index in [1.807, 2.05) is 20.8 Å². The highest BCUT2D eigenvalue weighted by Gasteiger charge is 2.35. The fourth-order valence-electron chi connectivity index (χ4n) is 2.07. The van der Waals surface area contributed by atoms with Crippen LogP contribution >= 0.6 is 0 Å². The van der Waals surface area contributed by atoms with Crippen LogP contribution in [-0.4, -0.2) is 7.05 Å². The van der Waals surface area contributed by atoms with Crippen LogP contribution in [0, 0.1) is 11.2 Å². The zero-order valence-corrected chi connectivity index (χ0v) is 12.2. The van der Waals surface area contributed by atoms with Gasteiger partial charge in [-0.05, 0) is 31.4 Å². The predicted octanol–water partition coefficient (Wildman–Crippen LogP) is 4.93. The summed E-state index contributed by atoms with van der Waals surface area (Å²) in [5.41, 5.74) is -1.08. The SMILES string of the molecule is CNC(CCC(C)(C)C)c1cccc(C(F)(F)F)c1F. The van der Waals surface area contributed by atoms with E-state index in [1.54, 1.807) is 7.05 Å². The van der Waals surface area contributed by atoms with Crippen LogP contribution in [0.1, 0.15) is 50.8 Å². The van der Waals surface area contributed by atoms with Crippen molar-refractivity contribution in [2.75, 3.05) is 7.05 Å². The van der Waals surface area contributed by atoms with Gasteiger partial charge in [0, 0.05) is 11.6 Å². The van der Waals surface area contributed by atoms with E-state index in [-0.39, 0.29) is 11.0 Å². The summed E-state index contributed by atoms with van der Waals surface area (Å²) in [5.74, 6) is -1.17. The fourth-order valence-corrected chi connectivity index (χ4v) is 2.07. The molecule has 0 fully saturated rings. The molecular formula is C15H21F4N. The van der Waals surface area contributed by atoms with Crippen LogP contribution < -0.4 is 5.32 Å². The molecule has 0 aromatic heterocycles. The second kappa shape index (κ2) is 6.12. The minimum absolute atomic E-state index is 0.0488. The number of rotatable bonds is 4. The lowest BCUT2D eigenvalue weighted by atomic mass is 9.87. The molecule has 0 aliphatic rings. The number of hydrogen-bond donors (Lipinski definition) is 1. The van der Waals surface area contributed by atoms with E-state index in [2.05, 4.69) is 5.32 Å². The van der Waals surface area contributed by atoms with Gasteiger partial charge in [0.1, 0.15) is 5.82 Å². The number of halogens is 4. The standard InChI is InChI=1S/C15H21F4N/c1-14(2,3)9-8-12(20-4)10-6-5-7-11(13(10)16)15(17,18)19/h5-7,12,20H,8-9H2,1-4H3. The van der Waals surface area contributed by atoms with Gasteiger partial charge in [-0.3, -0.25) is 0 Å². The normalized spacial score (nSPS) is 14.4. The van der Waals surface area contributed by atoms with E-state index in [0.29, 0.717) is 6.42 Å². The average Bonchev–Trinajstić information content (AvgIpc) is 2.28. The molecule has 1 N–H and O–H groups in total. The first kappa shape index (κ1) is 17.0. The highest BCUT2D eigenvalue weighted by molar-refractivity contribution is 5.30. The van der Waals surface area contributed by atoms with Gasteiger partial charge in [0.25, 0.3) is 0 Å². The topological polar surface area (TPSA) is 12.0 Å². The molecule has 0 aliphatic heterocycles. The fraction of sp³-hybridized carbons (Fsp3) is 0.600. The lowest BCUT2D eigenvalue weighted by molar-refractivity contribution is -0.140. The van der Waals surface area contributed by atoms with E-state index < -0.39 is 23.6 Å². The molecule has 0 heterocycles. The zero-order valence-electron chi connectivity index (χ0n) is 12.2. The summed E-state index contributed by atoms with van der Waals surface area (Å²) in [6, 6.07) is 3.02. The summed E-state index contributed by atoms with van der Waals surface area (Å²) in [6.07, 6.45) is -3.30. The van der Waals surface area contributed by atoms with Gasteiger partial charge in [0.05, 0.1) is 5.56 Å². The van der Waals surface area contributed by atoms with Gasteiger partial charge in [-0.25, -0.2) is 4.39 Å². The molecule has 0 radical (unpaired) electrons. The molecule has 5 heteroatoms. The molecule has 114 valence electrons. The van der Waals surface area contributed by atoms with Crippen molar-refractivity contribution in [3.63, 3.8) is 0 Å². The van der Waals surface area contributed by atoms with Crippen LogP contribution in [-0.2, 0) is 6.18 Å². The van der Waals surface area contributed by atoms with E-state index >= 15 is 0 Å². The lowest BCUT2D eigenvalue weighted by Crippen LogP contribution is -2.21. The Morgan fingerprint density at radius 1 is 1.15 bits per heavy atom. The molecule has 1 rings (SSSR count). The van der Waals surface area contributed by atoms with Crippen LogP contribution in [0.25, 0.3) is 0 Å². The quantitative estimate of drug-likeness (QED) is 0.775. The minimum Gasteiger partial charge on any atom is -0.313 e. The van der Waals surface area contributed by atoms with Gasteiger partial charge < -0.3 is 5.32 Å². The molecule has 1 nitrogen and oxygen atoms in total. The molecule has 0 bridgehead atoms. The van der Waals surface area contributed by atoms with Gasteiger partial charge >= 0.3 is 6.18 Å². The zero-order chi connectivity index (χ0) is 15.6. The number of nitrogens with one attached hydrogen (secondary N) is 1. The molecule has 20 heavy (non-hydrogen) atoms. The molecule has 0 aliphatic carbocycles. The Bertz CT molecular complexity index is 446. The Hall–Kier alpha value is -1.10. The Labute approximate surface area is 117 Å². The third-order valence-corrected chi connectivity index (χ3v) is 3.24. The van der Waals surface area contributed by atoms with Crippen LogP contribution in [0.5, 0.6) is 0 Å². The predicted molar refractivity (Wildman–Crippen MR) is 71.9 cm³/mol. The second-order valence-electron chi connectivity index (χ2n) is 6.15. The van der Waals surface area contributed by atoms with Crippen molar-refractivity contribution in [2.24, 2.45) is 5.41 Å². The third-order valence-electron chi connectivity index (χ3n) is 3.24. The van der Waals surface area contributed by atoms with E-state index in [9.17, 15) is 17.6 Å². The van der Waals surface area contributed by atoms with Crippen molar-refractivity contribution >= 4 is 0 Å². The maximum Gasteiger partial charge on any atom is 0.419 e. The molecule has 0 saturated heterocycles. The molecule has 1 atom stereocenters. The summed E-state index contributed by atoms with van der Waals surface area (Å²) >= 11 is 0. The molecule has 1 unspecified atom stereocenters. The summed E-state index contributed by atoms with van der Waals surface area (Å²) in [4.78, 5) is 0. The van der Waals surface area contributed by atoms with E-state index in [1.165, 1.54) is 12.1 Å². The maximum atomic E-state index is 14.1. The molecule has 1 aromatic rings. The summed E-state index contributed by atoms with van der Waals surface area (Å²) in [6.45, 7) is 6.13. The number of benzene rings is 1. The Kier molecular flexibility index (Phi) is 5.19. The highest BCUT2D eigenvalue weighted by atomic mass is 19.4. The highest BCUT2D eigenvalue weighted by Crippen LogP contribution is 2.35. The largest absolute Gasteiger partial charge is 0.419 e. The van der Waals surface area contributed by atoms with Crippen molar-refractivity contribution < 1.29 is 17.6 Å². The first-order chi connectivity index (χ1) is 9.06. The summed E-state index contributed by atoms with van der Waals surface area (Å²) in [7, 11) is 1.63. The summed E-state index contributed by atoms with van der Waals surface area (Å²) in [5, 5.41) is 2.90. The lowest BCUT2D eigenvalue weighted by Gasteiger charge is -2.24. The maximum absolute atomic E-state index is 14.1. The van der Waals surface area contributed by atoms with Gasteiger partial charge in [0.15, 0.2) is 0 Å². The Morgan fingerprint density at radius 3 is 2.20 bits per heavy atom. The average molecular weight is 291 g/mol. The minimum atomic E-state index is -4.66. The van der Waals surface area contributed by atoms with Gasteiger partial charge in [-0.15, -0.1) is 0 Å². The van der Waals surface area contributed by atoms with Crippen LogP contribution in [0.15, 0.2) is 18.2 Å². The first-order valence-corrected chi connectivity index (χ1v) is 6.59. The first-order valence-electron chi connectivity index (χ1n) is 6.59. The number of hydrogen-bond acceptors (Lipinski definition) is 1. The van der Waals surface area contributed by atoms with Gasteiger partial charge in [-0.1, -0.05) is 32.9 Å². The van der Waals surface area contributed by atoms with Crippen molar-refractivity contribution in [1.29, 1.82) is 0 Å². The Morgan fingerprint density at radius 2 is 1.75 bits per heavy atom. The second-order valence-corrected chi connectivity index (χ2v) is 6.15. The van der Waals surface area contributed by atoms with Gasteiger partial charge in [-0.2, -0.15) is 13.2 Å².